The van der Waals surface area contributed by atoms with Crippen LogP contribution in [0.3, 0.4) is 0 Å². The van der Waals surface area contributed by atoms with Gasteiger partial charge in [-0.3, -0.25) is 4.79 Å². The molecule has 0 N–H and O–H groups in total. The molecular formula is C21H16BrCl3N2O4. The van der Waals surface area contributed by atoms with E-state index < -0.39 is 5.79 Å². The quantitative estimate of drug-likeness (QED) is 0.378. The summed E-state index contributed by atoms with van der Waals surface area (Å²) < 4.78 is 19.3. The summed E-state index contributed by atoms with van der Waals surface area (Å²) in [7, 11) is 0. The molecule has 3 aromatic rings. The summed E-state index contributed by atoms with van der Waals surface area (Å²) in [6.07, 6.45) is 2.89. The zero-order chi connectivity index (χ0) is 22.5. The average molecular weight is 547 g/mol. The molecule has 3 heterocycles. The number of rotatable bonds is 4. The number of ether oxygens (including phenoxy) is 3. The highest BCUT2D eigenvalue weighted by atomic mass is 79.9. The van der Waals surface area contributed by atoms with E-state index in [2.05, 4.69) is 20.9 Å². The van der Waals surface area contributed by atoms with Crippen molar-refractivity contribution in [3.05, 3.63) is 71.9 Å². The van der Waals surface area contributed by atoms with Crippen molar-refractivity contribution in [1.29, 1.82) is 0 Å². The van der Waals surface area contributed by atoms with E-state index in [0.717, 1.165) is 4.47 Å². The third-order valence-electron chi connectivity index (χ3n) is 4.54. The number of hydrogen-bond donors (Lipinski definition) is 0. The topological polar surface area (TPSA) is 62.6 Å². The first kappa shape index (κ1) is 22.3. The second kappa shape index (κ2) is 8.20. The molecule has 0 spiro atoms. The molecule has 0 amide bonds. The molecule has 1 aliphatic rings. The summed E-state index contributed by atoms with van der Waals surface area (Å²) in [5.74, 6) is -0.189. The second-order valence-electron chi connectivity index (χ2n) is 7.33. The highest BCUT2D eigenvalue weighted by Gasteiger charge is 2.28. The van der Waals surface area contributed by atoms with Crippen LogP contribution in [0.4, 0.5) is 0 Å². The molecule has 0 saturated carbocycles. The van der Waals surface area contributed by atoms with Crippen molar-refractivity contribution in [3.8, 4) is 11.6 Å². The fourth-order valence-corrected chi connectivity index (χ4v) is 4.93. The molecule has 0 bridgehead atoms. The van der Waals surface area contributed by atoms with Gasteiger partial charge in [0.15, 0.2) is 17.8 Å². The average Bonchev–Trinajstić information content (AvgIpc) is 3.01. The molecule has 0 radical (unpaired) electrons. The van der Waals surface area contributed by atoms with E-state index in [4.69, 9.17) is 49.0 Å². The summed E-state index contributed by atoms with van der Waals surface area (Å²) in [4.78, 5) is 17.2. The predicted octanol–water partition coefficient (Wildman–Crippen LogP) is 6.42. The first-order chi connectivity index (χ1) is 14.6. The van der Waals surface area contributed by atoms with Gasteiger partial charge in [0.25, 0.3) is 0 Å². The Morgan fingerprint density at radius 3 is 2.45 bits per heavy atom. The van der Waals surface area contributed by atoms with Crippen molar-refractivity contribution in [1.82, 2.24) is 9.55 Å². The van der Waals surface area contributed by atoms with Crippen molar-refractivity contribution in [3.63, 3.8) is 0 Å². The SMILES string of the molecule is Cc1cc(=O)c2c(OCC3=COC(C)(C)O3)ncc(Cl)c2n1-c1c(Cl)cc(Br)cc1Cl. The van der Waals surface area contributed by atoms with Crippen molar-refractivity contribution < 1.29 is 14.2 Å². The minimum atomic E-state index is -0.771. The summed E-state index contributed by atoms with van der Waals surface area (Å²) in [6, 6.07) is 4.88. The molecule has 10 heteroatoms. The minimum absolute atomic E-state index is 0.0281. The van der Waals surface area contributed by atoms with E-state index >= 15 is 0 Å². The van der Waals surface area contributed by atoms with Gasteiger partial charge < -0.3 is 18.8 Å². The van der Waals surface area contributed by atoms with Crippen LogP contribution in [0.1, 0.15) is 19.5 Å². The third kappa shape index (κ3) is 4.24. The van der Waals surface area contributed by atoms with E-state index in [1.165, 1.54) is 18.5 Å². The molecular weight excluding hydrogens is 531 g/mol. The highest BCUT2D eigenvalue weighted by molar-refractivity contribution is 9.10. The van der Waals surface area contributed by atoms with Crippen molar-refractivity contribution in [2.75, 3.05) is 6.61 Å². The highest BCUT2D eigenvalue weighted by Crippen LogP contribution is 2.37. The number of aromatic nitrogens is 2. The maximum atomic E-state index is 12.9. The lowest BCUT2D eigenvalue weighted by molar-refractivity contribution is -0.119. The molecule has 1 aliphatic heterocycles. The molecule has 0 aliphatic carbocycles. The first-order valence-electron chi connectivity index (χ1n) is 9.12. The Bertz CT molecular complexity index is 1280. The molecule has 0 unspecified atom stereocenters. The van der Waals surface area contributed by atoms with Crippen LogP contribution in [0.2, 0.25) is 15.1 Å². The fraction of sp³-hybridized carbons (Fsp3) is 0.238. The zero-order valence-electron chi connectivity index (χ0n) is 16.6. The van der Waals surface area contributed by atoms with Gasteiger partial charge in [-0.1, -0.05) is 50.7 Å². The normalized spacial score (nSPS) is 14.9. The van der Waals surface area contributed by atoms with E-state index in [1.807, 2.05) is 0 Å². The monoisotopic (exact) mass is 544 g/mol. The van der Waals surface area contributed by atoms with Gasteiger partial charge in [0.05, 0.1) is 32.5 Å². The van der Waals surface area contributed by atoms with Crippen LogP contribution in [0, 0.1) is 6.92 Å². The first-order valence-corrected chi connectivity index (χ1v) is 11.0. The van der Waals surface area contributed by atoms with Gasteiger partial charge >= 0.3 is 0 Å². The molecule has 0 saturated heterocycles. The minimum Gasteiger partial charge on any atom is -0.469 e. The molecule has 6 nitrogen and oxygen atoms in total. The Kier molecular flexibility index (Phi) is 5.89. The summed E-state index contributed by atoms with van der Waals surface area (Å²) in [5.41, 5.74) is 1.18. The summed E-state index contributed by atoms with van der Waals surface area (Å²) in [5, 5.41) is 1.21. The number of halogens is 4. The van der Waals surface area contributed by atoms with Crippen LogP contribution < -0.4 is 10.2 Å². The fourth-order valence-electron chi connectivity index (χ4n) is 3.33. The molecule has 4 rings (SSSR count). The lowest BCUT2D eigenvalue weighted by atomic mass is 10.2. The van der Waals surface area contributed by atoms with Crippen LogP contribution in [0.15, 0.2) is 45.7 Å². The Hall–Kier alpha value is -1.93. The summed E-state index contributed by atoms with van der Waals surface area (Å²) in [6.45, 7) is 5.35. The molecule has 162 valence electrons. The van der Waals surface area contributed by atoms with E-state index in [9.17, 15) is 4.79 Å². The van der Waals surface area contributed by atoms with Crippen LogP contribution in [-0.4, -0.2) is 21.9 Å². The van der Waals surface area contributed by atoms with Gasteiger partial charge in [0, 0.05) is 30.1 Å². The van der Waals surface area contributed by atoms with Gasteiger partial charge in [0.1, 0.15) is 11.6 Å². The number of nitrogens with zero attached hydrogens (tertiary/aromatic N) is 2. The molecule has 0 atom stereocenters. The van der Waals surface area contributed by atoms with Crippen LogP contribution in [-0.2, 0) is 9.47 Å². The van der Waals surface area contributed by atoms with E-state index in [-0.39, 0.29) is 28.3 Å². The molecule has 0 fully saturated rings. The number of hydrogen-bond acceptors (Lipinski definition) is 5. The Labute approximate surface area is 201 Å². The smallest absolute Gasteiger partial charge is 0.244 e. The number of fused-ring (bicyclic) bond motifs is 1. The van der Waals surface area contributed by atoms with Crippen LogP contribution in [0.5, 0.6) is 5.88 Å². The molecule has 1 aromatic carbocycles. The van der Waals surface area contributed by atoms with Crippen molar-refractivity contribution in [2.45, 2.75) is 26.6 Å². The van der Waals surface area contributed by atoms with Gasteiger partial charge in [0.2, 0.25) is 11.7 Å². The Morgan fingerprint density at radius 2 is 1.84 bits per heavy atom. The van der Waals surface area contributed by atoms with Gasteiger partial charge in [-0.2, -0.15) is 0 Å². The van der Waals surface area contributed by atoms with Crippen LogP contribution >= 0.6 is 50.7 Å². The molecule has 31 heavy (non-hydrogen) atoms. The van der Waals surface area contributed by atoms with E-state index in [0.29, 0.717) is 32.7 Å². The van der Waals surface area contributed by atoms with Gasteiger partial charge in [-0.05, 0) is 19.1 Å². The van der Waals surface area contributed by atoms with Crippen LogP contribution in [0.25, 0.3) is 16.6 Å². The maximum Gasteiger partial charge on any atom is 0.244 e. The predicted molar refractivity (Wildman–Crippen MR) is 125 cm³/mol. The lowest BCUT2D eigenvalue weighted by Gasteiger charge is -2.20. The standard InChI is InChI=1S/C21H16BrCl3N2O4/c1-10-4-16(28)17-19(27(10)18-13(23)5-11(22)6-14(18)24)15(25)7-26-20(17)29-8-12-9-30-21(2,3)31-12/h4-7,9H,8H2,1-3H3. The maximum absolute atomic E-state index is 12.9. The molecule has 2 aromatic heterocycles. The summed E-state index contributed by atoms with van der Waals surface area (Å²) >= 11 is 22.9. The van der Waals surface area contributed by atoms with Crippen molar-refractivity contribution in [2.24, 2.45) is 0 Å². The van der Waals surface area contributed by atoms with Gasteiger partial charge in [-0.25, -0.2) is 4.98 Å². The number of aryl methyl sites for hydroxylation is 1. The largest absolute Gasteiger partial charge is 0.469 e. The third-order valence-corrected chi connectivity index (χ3v) is 5.85. The number of benzene rings is 1. The van der Waals surface area contributed by atoms with Gasteiger partial charge in [-0.15, -0.1) is 0 Å². The second-order valence-corrected chi connectivity index (χ2v) is 9.47. The zero-order valence-corrected chi connectivity index (χ0v) is 20.5. The Balaban J connectivity index is 1.89. The van der Waals surface area contributed by atoms with Crippen molar-refractivity contribution >= 4 is 61.6 Å². The lowest BCUT2D eigenvalue weighted by Crippen LogP contribution is -2.21. The Morgan fingerprint density at radius 1 is 1.16 bits per heavy atom. The van der Waals surface area contributed by atoms with E-state index in [1.54, 1.807) is 37.5 Å². The number of pyridine rings is 2.